The maximum Gasteiger partial charge on any atom is 0.311 e. The number of allylic oxidation sites excluding steroid dienone is 4. The van der Waals surface area contributed by atoms with Gasteiger partial charge in [-0.15, -0.1) is 11.3 Å². The molecule has 2 N–H and O–H groups in total. The number of benzene rings is 1. The van der Waals surface area contributed by atoms with E-state index in [0.717, 1.165) is 51.9 Å². The van der Waals surface area contributed by atoms with Crippen LogP contribution in [0.2, 0.25) is 0 Å². The zero-order chi connectivity index (χ0) is 20.8. The number of fused-ring (bicyclic) bond motifs is 3. The summed E-state index contributed by atoms with van der Waals surface area (Å²) in [4.78, 5) is 16.7. The van der Waals surface area contributed by atoms with Crippen LogP contribution in [0, 0.1) is 5.92 Å². The third-order valence-corrected chi connectivity index (χ3v) is 7.31. The number of carboxylic acid groups (broad SMARTS) is 1. The second kappa shape index (κ2) is 7.55. The maximum absolute atomic E-state index is 12.3. The van der Waals surface area contributed by atoms with Crippen molar-refractivity contribution < 1.29 is 9.90 Å². The molecule has 0 saturated heterocycles. The van der Waals surface area contributed by atoms with Gasteiger partial charge in [0.25, 0.3) is 0 Å². The molecule has 2 heterocycles. The summed E-state index contributed by atoms with van der Waals surface area (Å²) < 4.78 is 1.13. The van der Waals surface area contributed by atoms with Gasteiger partial charge in [0.05, 0.1) is 27.7 Å². The number of carboxylic acids is 1. The summed E-state index contributed by atoms with van der Waals surface area (Å²) in [6.45, 7) is 4.09. The Morgan fingerprint density at radius 2 is 2.17 bits per heavy atom. The van der Waals surface area contributed by atoms with Crippen molar-refractivity contribution in [2.24, 2.45) is 5.92 Å². The Balaban J connectivity index is 1.75. The second-order valence-corrected chi connectivity index (χ2v) is 9.31. The first-order valence-electron chi connectivity index (χ1n) is 10.8. The van der Waals surface area contributed by atoms with E-state index < -0.39 is 11.9 Å². The van der Waals surface area contributed by atoms with Gasteiger partial charge in [0.15, 0.2) is 0 Å². The van der Waals surface area contributed by atoms with Gasteiger partial charge in [0, 0.05) is 5.70 Å². The summed E-state index contributed by atoms with van der Waals surface area (Å²) in [6.07, 6.45) is 9.61. The highest BCUT2D eigenvalue weighted by Crippen LogP contribution is 2.45. The number of carbonyl (C=O) groups is 1. The minimum Gasteiger partial charge on any atom is -0.481 e. The molecule has 2 aromatic rings. The summed E-state index contributed by atoms with van der Waals surface area (Å²) in [6, 6.07) is 6.45. The van der Waals surface area contributed by atoms with Crippen LogP contribution in [0.4, 0.5) is 0 Å². The molecule has 0 bridgehead atoms. The third kappa shape index (κ3) is 3.12. The molecular weight excluding hydrogens is 392 g/mol. The molecule has 2 aliphatic carbocycles. The number of aromatic nitrogens is 1. The Bertz CT molecular complexity index is 1160. The standard InChI is InChI=1S/C25H26N2O2S/c1-3-5-18(25(28)29)23-14(2)27-21-11-16-7-4-6-15(16)10-19(21)24(23)17-8-9-20-22(12-17)30-13-26-20/h8-13,18,21,27H,3-7H2,1-2H3,(H,28,29). The zero-order valence-corrected chi connectivity index (χ0v) is 18.2. The molecule has 1 saturated carbocycles. The molecule has 0 spiro atoms. The topological polar surface area (TPSA) is 62.2 Å². The van der Waals surface area contributed by atoms with E-state index in [-0.39, 0.29) is 6.04 Å². The van der Waals surface area contributed by atoms with Gasteiger partial charge < -0.3 is 10.4 Å². The van der Waals surface area contributed by atoms with E-state index in [9.17, 15) is 9.90 Å². The number of thiazole rings is 1. The summed E-state index contributed by atoms with van der Waals surface area (Å²) >= 11 is 1.63. The summed E-state index contributed by atoms with van der Waals surface area (Å²) in [5.74, 6) is -1.26. The molecule has 0 amide bonds. The molecular formula is C25H26N2O2S. The Hall–Kier alpha value is -2.66. The highest BCUT2D eigenvalue weighted by atomic mass is 32.1. The molecule has 1 aromatic heterocycles. The molecule has 4 nitrogen and oxygen atoms in total. The lowest BCUT2D eigenvalue weighted by atomic mass is 9.76. The van der Waals surface area contributed by atoms with Crippen LogP contribution in [-0.2, 0) is 4.79 Å². The Kier molecular flexibility index (Phi) is 4.86. The lowest BCUT2D eigenvalue weighted by Crippen LogP contribution is -2.36. The average Bonchev–Trinajstić information content (AvgIpc) is 3.37. The van der Waals surface area contributed by atoms with Gasteiger partial charge >= 0.3 is 5.97 Å². The smallest absolute Gasteiger partial charge is 0.311 e. The van der Waals surface area contributed by atoms with Gasteiger partial charge in [-0.1, -0.05) is 31.6 Å². The van der Waals surface area contributed by atoms with Crippen LogP contribution in [0.25, 0.3) is 15.8 Å². The minimum absolute atomic E-state index is 0.105. The van der Waals surface area contributed by atoms with E-state index in [0.29, 0.717) is 6.42 Å². The van der Waals surface area contributed by atoms with E-state index in [1.54, 1.807) is 11.3 Å². The van der Waals surface area contributed by atoms with Gasteiger partial charge in [-0.05, 0) is 78.2 Å². The fourth-order valence-corrected chi connectivity index (χ4v) is 5.88. The van der Waals surface area contributed by atoms with Gasteiger partial charge in [-0.25, -0.2) is 4.98 Å². The van der Waals surface area contributed by atoms with Gasteiger partial charge in [0.2, 0.25) is 0 Å². The SMILES string of the molecule is CCCC(C(=O)O)C1=C(C)NC2C=C3CCCC3=CC2=C1c1ccc2ncsc2c1. The first-order chi connectivity index (χ1) is 14.6. The molecule has 5 rings (SSSR count). The molecule has 1 aliphatic heterocycles. The molecule has 5 heteroatoms. The number of aliphatic carboxylic acids is 1. The third-order valence-electron chi connectivity index (χ3n) is 6.52. The van der Waals surface area contributed by atoms with Gasteiger partial charge in [-0.2, -0.15) is 0 Å². The van der Waals surface area contributed by atoms with Crippen molar-refractivity contribution in [3.05, 3.63) is 69.4 Å². The number of hydrogen-bond donors (Lipinski definition) is 2. The van der Waals surface area contributed by atoms with E-state index in [4.69, 9.17) is 0 Å². The predicted molar refractivity (Wildman–Crippen MR) is 122 cm³/mol. The quantitative estimate of drug-likeness (QED) is 0.640. The van der Waals surface area contributed by atoms with Crippen molar-refractivity contribution in [3.8, 4) is 0 Å². The number of nitrogens with zero attached hydrogens (tertiary/aromatic N) is 1. The normalized spacial score (nSPS) is 21.7. The molecule has 1 aromatic carbocycles. The Morgan fingerprint density at radius 1 is 1.33 bits per heavy atom. The van der Waals surface area contributed by atoms with Crippen molar-refractivity contribution in [1.82, 2.24) is 10.3 Å². The molecule has 2 unspecified atom stereocenters. The molecule has 0 radical (unpaired) electrons. The first-order valence-corrected chi connectivity index (χ1v) is 11.6. The zero-order valence-electron chi connectivity index (χ0n) is 17.4. The number of dihydropyridines is 1. The van der Waals surface area contributed by atoms with Crippen LogP contribution in [-0.4, -0.2) is 22.1 Å². The molecule has 30 heavy (non-hydrogen) atoms. The molecule has 3 aliphatic rings. The summed E-state index contributed by atoms with van der Waals surface area (Å²) in [7, 11) is 0. The van der Waals surface area contributed by atoms with Crippen LogP contribution in [0.3, 0.4) is 0 Å². The lowest BCUT2D eigenvalue weighted by Gasteiger charge is -2.35. The fourth-order valence-electron chi connectivity index (χ4n) is 5.16. The minimum atomic E-state index is -0.746. The predicted octanol–water partition coefficient (Wildman–Crippen LogP) is 5.85. The lowest BCUT2D eigenvalue weighted by molar-refractivity contribution is -0.140. The van der Waals surface area contributed by atoms with Crippen molar-refractivity contribution in [2.75, 3.05) is 0 Å². The van der Waals surface area contributed by atoms with E-state index >= 15 is 0 Å². The van der Waals surface area contributed by atoms with Crippen molar-refractivity contribution in [1.29, 1.82) is 0 Å². The largest absolute Gasteiger partial charge is 0.481 e. The number of nitrogens with one attached hydrogen (secondary N) is 1. The highest BCUT2D eigenvalue weighted by molar-refractivity contribution is 7.16. The van der Waals surface area contributed by atoms with Crippen molar-refractivity contribution in [2.45, 2.75) is 52.0 Å². The van der Waals surface area contributed by atoms with Crippen LogP contribution in [0.5, 0.6) is 0 Å². The average molecular weight is 419 g/mol. The number of hydrogen-bond acceptors (Lipinski definition) is 4. The van der Waals surface area contributed by atoms with Crippen LogP contribution < -0.4 is 5.32 Å². The van der Waals surface area contributed by atoms with Crippen LogP contribution >= 0.6 is 11.3 Å². The van der Waals surface area contributed by atoms with Crippen molar-refractivity contribution >= 4 is 33.1 Å². The Labute approximate surface area is 180 Å². The fraction of sp³-hybridized carbons (Fsp3) is 0.360. The highest BCUT2D eigenvalue weighted by Gasteiger charge is 2.35. The summed E-state index contributed by atoms with van der Waals surface area (Å²) in [5, 5.41) is 13.7. The second-order valence-electron chi connectivity index (χ2n) is 8.42. The maximum atomic E-state index is 12.3. The molecule has 1 fully saturated rings. The van der Waals surface area contributed by atoms with Gasteiger partial charge in [0.1, 0.15) is 0 Å². The van der Waals surface area contributed by atoms with Crippen LogP contribution in [0.1, 0.15) is 51.5 Å². The molecule has 154 valence electrons. The van der Waals surface area contributed by atoms with Gasteiger partial charge in [-0.3, -0.25) is 4.79 Å². The van der Waals surface area contributed by atoms with Crippen LogP contribution in [0.15, 0.2) is 63.9 Å². The monoisotopic (exact) mass is 418 g/mol. The Morgan fingerprint density at radius 3 is 2.97 bits per heavy atom. The molecule has 2 atom stereocenters. The number of rotatable bonds is 5. The van der Waals surface area contributed by atoms with E-state index in [2.05, 4.69) is 47.6 Å². The van der Waals surface area contributed by atoms with E-state index in [1.165, 1.54) is 23.1 Å². The summed E-state index contributed by atoms with van der Waals surface area (Å²) in [5.41, 5.74) is 11.1. The first kappa shape index (κ1) is 19.3. The van der Waals surface area contributed by atoms with Crippen molar-refractivity contribution in [3.63, 3.8) is 0 Å². The van der Waals surface area contributed by atoms with E-state index in [1.807, 2.05) is 12.4 Å².